The number of aliphatic hydroxyl groups is 1. The van der Waals surface area contributed by atoms with Crippen LogP contribution in [0, 0.1) is 0 Å². The van der Waals surface area contributed by atoms with Crippen molar-refractivity contribution in [3.05, 3.63) is 0 Å². The largest absolute Gasteiger partial charge is 0.464 e. The van der Waals surface area contributed by atoms with Gasteiger partial charge in [-0.2, -0.15) is 15.0 Å². The maximum absolute atomic E-state index is 9.60. The number of nitrogens with one attached hydrogen (secondary N) is 2. The van der Waals surface area contributed by atoms with Gasteiger partial charge >= 0.3 is 6.01 Å². The Hall–Kier alpha value is -1.63. The third-order valence-electron chi connectivity index (χ3n) is 3.35. The maximum Gasteiger partial charge on any atom is 0.323 e. The standard InChI is InChI=1S/C12H21N5O2/c1-3-19-11-15-9(13-2)14-10(16-11)17-12(8-18)6-4-5-7-12/h18H,3-8H2,1-2H3,(H2,13,14,15,16,17). The summed E-state index contributed by atoms with van der Waals surface area (Å²) in [5.74, 6) is 0.894. The molecule has 19 heavy (non-hydrogen) atoms. The lowest BCUT2D eigenvalue weighted by atomic mass is 9.99. The van der Waals surface area contributed by atoms with Gasteiger partial charge in [0.15, 0.2) is 0 Å². The number of anilines is 2. The van der Waals surface area contributed by atoms with Crippen LogP contribution in [0.25, 0.3) is 0 Å². The summed E-state index contributed by atoms with van der Waals surface area (Å²) in [5, 5.41) is 15.7. The predicted molar refractivity (Wildman–Crippen MR) is 72.5 cm³/mol. The fourth-order valence-electron chi connectivity index (χ4n) is 2.33. The Balaban J connectivity index is 2.20. The first-order chi connectivity index (χ1) is 9.21. The molecule has 1 heterocycles. The van der Waals surface area contributed by atoms with Gasteiger partial charge in [0, 0.05) is 7.05 Å². The zero-order valence-electron chi connectivity index (χ0n) is 11.4. The van der Waals surface area contributed by atoms with Gasteiger partial charge in [0.1, 0.15) is 0 Å². The zero-order chi connectivity index (χ0) is 13.7. The molecule has 0 atom stereocenters. The van der Waals surface area contributed by atoms with Crippen molar-refractivity contribution in [2.24, 2.45) is 0 Å². The van der Waals surface area contributed by atoms with E-state index in [-0.39, 0.29) is 18.2 Å². The minimum absolute atomic E-state index is 0.0809. The molecule has 0 saturated heterocycles. The maximum atomic E-state index is 9.60. The van der Waals surface area contributed by atoms with E-state index in [0.717, 1.165) is 25.7 Å². The van der Waals surface area contributed by atoms with Gasteiger partial charge in [0.25, 0.3) is 0 Å². The van der Waals surface area contributed by atoms with Crippen LogP contribution < -0.4 is 15.4 Å². The molecule has 1 aromatic rings. The summed E-state index contributed by atoms with van der Waals surface area (Å²) in [4.78, 5) is 12.6. The van der Waals surface area contributed by atoms with Gasteiger partial charge in [0.2, 0.25) is 11.9 Å². The fraction of sp³-hybridized carbons (Fsp3) is 0.750. The van der Waals surface area contributed by atoms with Crippen molar-refractivity contribution in [2.75, 3.05) is 30.9 Å². The van der Waals surface area contributed by atoms with E-state index in [1.807, 2.05) is 6.92 Å². The zero-order valence-corrected chi connectivity index (χ0v) is 11.4. The van der Waals surface area contributed by atoms with Gasteiger partial charge < -0.3 is 20.5 Å². The molecule has 0 aliphatic heterocycles. The number of ether oxygens (including phenoxy) is 1. The monoisotopic (exact) mass is 267 g/mol. The first-order valence-electron chi connectivity index (χ1n) is 6.67. The molecule has 1 fully saturated rings. The lowest BCUT2D eigenvalue weighted by molar-refractivity contribution is 0.213. The molecule has 106 valence electrons. The number of aliphatic hydroxyl groups excluding tert-OH is 1. The number of aromatic nitrogens is 3. The third kappa shape index (κ3) is 3.23. The molecule has 3 N–H and O–H groups in total. The second kappa shape index (κ2) is 6.01. The quantitative estimate of drug-likeness (QED) is 0.709. The van der Waals surface area contributed by atoms with Crippen LogP contribution in [-0.2, 0) is 0 Å². The predicted octanol–water partition coefficient (Wildman–Crippen LogP) is 1.03. The first-order valence-corrected chi connectivity index (χ1v) is 6.67. The summed E-state index contributed by atoms with van der Waals surface area (Å²) in [6, 6.07) is 0.287. The average molecular weight is 267 g/mol. The number of hydrogen-bond acceptors (Lipinski definition) is 7. The van der Waals surface area contributed by atoms with Gasteiger partial charge in [-0.3, -0.25) is 0 Å². The Morgan fingerprint density at radius 3 is 2.47 bits per heavy atom. The minimum Gasteiger partial charge on any atom is -0.464 e. The normalized spacial score (nSPS) is 17.2. The van der Waals surface area contributed by atoms with Crippen molar-refractivity contribution in [2.45, 2.75) is 38.1 Å². The van der Waals surface area contributed by atoms with Crippen LogP contribution in [0.2, 0.25) is 0 Å². The molecule has 0 unspecified atom stereocenters. The van der Waals surface area contributed by atoms with E-state index in [9.17, 15) is 5.11 Å². The molecule has 7 heteroatoms. The molecule has 1 saturated carbocycles. The van der Waals surface area contributed by atoms with E-state index in [4.69, 9.17) is 4.74 Å². The SMILES string of the molecule is CCOc1nc(NC)nc(NC2(CO)CCCC2)n1. The number of nitrogens with zero attached hydrogens (tertiary/aromatic N) is 3. The lowest BCUT2D eigenvalue weighted by Crippen LogP contribution is -2.39. The first kappa shape index (κ1) is 13.8. The molecule has 7 nitrogen and oxygen atoms in total. The molecule has 0 amide bonds. The van der Waals surface area contributed by atoms with E-state index < -0.39 is 0 Å². The minimum atomic E-state index is -0.310. The van der Waals surface area contributed by atoms with Crippen LogP contribution in [0.15, 0.2) is 0 Å². The Morgan fingerprint density at radius 2 is 1.89 bits per heavy atom. The Bertz CT molecular complexity index is 421. The van der Waals surface area contributed by atoms with E-state index in [2.05, 4.69) is 25.6 Å². The van der Waals surface area contributed by atoms with E-state index >= 15 is 0 Å². The van der Waals surface area contributed by atoms with E-state index in [1.165, 1.54) is 0 Å². The molecule has 1 aliphatic carbocycles. The lowest BCUT2D eigenvalue weighted by Gasteiger charge is -2.27. The third-order valence-corrected chi connectivity index (χ3v) is 3.35. The van der Waals surface area contributed by atoms with Crippen molar-refractivity contribution in [3.63, 3.8) is 0 Å². The fourth-order valence-corrected chi connectivity index (χ4v) is 2.33. The van der Waals surface area contributed by atoms with E-state index in [1.54, 1.807) is 7.05 Å². The van der Waals surface area contributed by atoms with E-state index in [0.29, 0.717) is 18.5 Å². The highest BCUT2D eigenvalue weighted by molar-refractivity contribution is 5.38. The molecule has 0 bridgehead atoms. The summed E-state index contributed by atoms with van der Waals surface area (Å²) >= 11 is 0. The van der Waals surface area contributed by atoms with Gasteiger partial charge in [-0.1, -0.05) is 12.8 Å². The van der Waals surface area contributed by atoms with Crippen LogP contribution in [-0.4, -0.2) is 45.9 Å². The van der Waals surface area contributed by atoms with Gasteiger partial charge in [-0.05, 0) is 19.8 Å². The highest BCUT2D eigenvalue weighted by Gasteiger charge is 2.34. The topological polar surface area (TPSA) is 92.2 Å². The molecule has 1 aromatic heterocycles. The molecular weight excluding hydrogens is 246 g/mol. The number of rotatable bonds is 6. The molecule has 0 spiro atoms. The van der Waals surface area contributed by atoms with Gasteiger partial charge in [0.05, 0.1) is 18.8 Å². The number of hydrogen-bond donors (Lipinski definition) is 3. The van der Waals surface area contributed by atoms with Crippen molar-refractivity contribution >= 4 is 11.9 Å². The molecule has 1 aliphatic rings. The summed E-state index contributed by atoms with van der Waals surface area (Å²) < 4.78 is 5.32. The molecular formula is C12H21N5O2. The Kier molecular flexibility index (Phi) is 4.36. The summed E-state index contributed by atoms with van der Waals surface area (Å²) in [6.45, 7) is 2.46. The highest BCUT2D eigenvalue weighted by Crippen LogP contribution is 2.32. The average Bonchev–Trinajstić information content (AvgIpc) is 2.88. The van der Waals surface area contributed by atoms with Gasteiger partial charge in [-0.15, -0.1) is 0 Å². The van der Waals surface area contributed by atoms with Crippen molar-refractivity contribution in [3.8, 4) is 6.01 Å². The van der Waals surface area contributed by atoms with Crippen LogP contribution in [0.5, 0.6) is 6.01 Å². The molecule has 0 radical (unpaired) electrons. The summed E-state index contributed by atoms with van der Waals surface area (Å²) in [7, 11) is 1.74. The molecule has 2 rings (SSSR count). The molecule has 0 aromatic carbocycles. The highest BCUT2D eigenvalue weighted by atomic mass is 16.5. The van der Waals surface area contributed by atoms with Gasteiger partial charge in [-0.25, -0.2) is 0 Å². The van der Waals surface area contributed by atoms with Crippen LogP contribution in [0.1, 0.15) is 32.6 Å². The second-order valence-corrected chi connectivity index (χ2v) is 4.72. The Morgan fingerprint density at radius 1 is 1.21 bits per heavy atom. The van der Waals surface area contributed by atoms with Crippen molar-refractivity contribution < 1.29 is 9.84 Å². The Labute approximate surface area is 112 Å². The summed E-state index contributed by atoms with van der Waals surface area (Å²) in [6.07, 6.45) is 4.06. The van der Waals surface area contributed by atoms with Crippen LogP contribution >= 0.6 is 0 Å². The summed E-state index contributed by atoms with van der Waals surface area (Å²) in [5.41, 5.74) is -0.310. The second-order valence-electron chi connectivity index (χ2n) is 4.72. The van der Waals surface area contributed by atoms with Crippen LogP contribution in [0.3, 0.4) is 0 Å². The van der Waals surface area contributed by atoms with Crippen LogP contribution in [0.4, 0.5) is 11.9 Å². The van der Waals surface area contributed by atoms with Crippen molar-refractivity contribution in [1.82, 2.24) is 15.0 Å². The van der Waals surface area contributed by atoms with Crippen molar-refractivity contribution in [1.29, 1.82) is 0 Å². The smallest absolute Gasteiger partial charge is 0.323 e.